The van der Waals surface area contributed by atoms with Crippen LogP contribution in [0, 0.1) is 0 Å². The Labute approximate surface area is 77.8 Å². The number of nitrogens with zero attached hydrogens (tertiary/aromatic N) is 1. The molecule has 4 heteroatoms. The van der Waals surface area contributed by atoms with Crippen LogP contribution in [0.1, 0.15) is 13.8 Å². The summed E-state index contributed by atoms with van der Waals surface area (Å²) in [5.41, 5.74) is 6.16. The van der Waals surface area contributed by atoms with Crippen molar-refractivity contribution in [3.8, 4) is 0 Å². The molecule has 66 valence electrons. The number of nitrogens with two attached hydrogens (primary N) is 1. The van der Waals surface area contributed by atoms with Crippen molar-refractivity contribution in [3.63, 3.8) is 0 Å². The molecule has 0 aliphatic rings. The van der Waals surface area contributed by atoms with Gasteiger partial charge in [0.25, 0.3) is 0 Å². The monoisotopic (exact) mass is 183 g/mol. The Balaban J connectivity index is 2.82. The second-order valence-corrected chi connectivity index (χ2v) is 3.33. The molecule has 0 aromatic carbocycles. The molecule has 3 nitrogen and oxygen atoms in total. The van der Waals surface area contributed by atoms with Crippen molar-refractivity contribution < 1.29 is 0 Å². The summed E-state index contributed by atoms with van der Waals surface area (Å²) in [6, 6.07) is 4.00. The van der Waals surface area contributed by atoms with Gasteiger partial charge in [0.05, 0.1) is 5.69 Å². The average molecular weight is 183 g/mol. The SMILES string of the molecule is CC(C)Nc1ccc(N)c(S)n1. The molecule has 1 rings (SSSR count). The predicted octanol–water partition coefficient (Wildman–Crippen LogP) is 1.77. The molecule has 0 saturated carbocycles. The number of anilines is 2. The van der Waals surface area contributed by atoms with Gasteiger partial charge in [0, 0.05) is 6.04 Å². The molecule has 0 saturated heterocycles. The maximum atomic E-state index is 5.55. The second kappa shape index (κ2) is 3.67. The van der Waals surface area contributed by atoms with Crippen LogP contribution in [-0.4, -0.2) is 11.0 Å². The van der Waals surface area contributed by atoms with Crippen LogP contribution < -0.4 is 11.1 Å². The van der Waals surface area contributed by atoms with Gasteiger partial charge in [0.1, 0.15) is 10.8 Å². The van der Waals surface area contributed by atoms with E-state index in [1.54, 1.807) is 6.07 Å². The number of aromatic nitrogens is 1. The summed E-state index contributed by atoms with van der Waals surface area (Å²) in [4.78, 5) is 4.14. The number of hydrogen-bond donors (Lipinski definition) is 3. The smallest absolute Gasteiger partial charge is 0.127 e. The van der Waals surface area contributed by atoms with Crippen LogP contribution in [0.4, 0.5) is 11.5 Å². The summed E-state index contributed by atoms with van der Waals surface area (Å²) in [6.07, 6.45) is 0. The average Bonchev–Trinajstić information content (AvgIpc) is 1.96. The van der Waals surface area contributed by atoms with Crippen molar-refractivity contribution in [3.05, 3.63) is 12.1 Å². The highest BCUT2D eigenvalue weighted by molar-refractivity contribution is 7.80. The van der Waals surface area contributed by atoms with Gasteiger partial charge in [-0.1, -0.05) is 0 Å². The summed E-state index contributed by atoms with van der Waals surface area (Å²) >= 11 is 4.11. The first kappa shape index (κ1) is 9.19. The predicted molar refractivity (Wildman–Crippen MR) is 54.7 cm³/mol. The Kier molecular flexibility index (Phi) is 2.81. The van der Waals surface area contributed by atoms with Gasteiger partial charge in [0.2, 0.25) is 0 Å². The van der Waals surface area contributed by atoms with E-state index in [4.69, 9.17) is 5.73 Å². The summed E-state index contributed by atoms with van der Waals surface area (Å²) in [6.45, 7) is 4.10. The van der Waals surface area contributed by atoms with Gasteiger partial charge in [0.15, 0.2) is 0 Å². The third-order valence-electron chi connectivity index (χ3n) is 1.34. The van der Waals surface area contributed by atoms with E-state index in [2.05, 4.69) is 36.8 Å². The largest absolute Gasteiger partial charge is 0.397 e. The van der Waals surface area contributed by atoms with Crippen molar-refractivity contribution in [1.82, 2.24) is 4.98 Å². The lowest BCUT2D eigenvalue weighted by molar-refractivity contribution is 0.883. The standard InChI is InChI=1S/C8H13N3S/c1-5(2)10-7-4-3-6(9)8(12)11-7/h3-5H,9H2,1-2H3,(H2,10,11,12). The van der Waals surface area contributed by atoms with E-state index in [0.717, 1.165) is 5.82 Å². The Morgan fingerprint density at radius 2 is 2.17 bits per heavy atom. The number of nitrogen functional groups attached to an aromatic ring is 1. The molecule has 0 amide bonds. The number of thiol groups is 1. The molecule has 1 aromatic heterocycles. The van der Waals surface area contributed by atoms with Gasteiger partial charge in [-0.3, -0.25) is 0 Å². The lowest BCUT2D eigenvalue weighted by atomic mass is 10.3. The van der Waals surface area contributed by atoms with Crippen LogP contribution in [0.2, 0.25) is 0 Å². The topological polar surface area (TPSA) is 50.9 Å². The van der Waals surface area contributed by atoms with E-state index in [-0.39, 0.29) is 0 Å². The molecule has 0 atom stereocenters. The number of hydrogen-bond acceptors (Lipinski definition) is 4. The molecule has 0 aliphatic heterocycles. The first-order valence-electron chi connectivity index (χ1n) is 3.81. The van der Waals surface area contributed by atoms with Crippen molar-refractivity contribution in [2.75, 3.05) is 11.1 Å². The van der Waals surface area contributed by atoms with Crippen molar-refractivity contribution in [1.29, 1.82) is 0 Å². The Bertz CT molecular complexity index is 273. The Hall–Kier alpha value is -0.900. The van der Waals surface area contributed by atoms with Crippen molar-refractivity contribution in [2.24, 2.45) is 0 Å². The molecule has 0 unspecified atom stereocenters. The van der Waals surface area contributed by atoms with Crippen LogP contribution in [0.3, 0.4) is 0 Å². The third kappa shape index (κ3) is 2.30. The second-order valence-electron chi connectivity index (χ2n) is 2.91. The Morgan fingerprint density at radius 1 is 1.50 bits per heavy atom. The Morgan fingerprint density at radius 3 is 2.67 bits per heavy atom. The van der Waals surface area contributed by atoms with E-state index >= 15 is 0 Å². The van der Waals surface area contributed by atoms with Gasteiger partial charge < -0.3 is 11.1 Å². The first-order chi connectivity index (χ1) is 5.59. The quantitative estimate of drug-likeness (QED) is 0.612. The molecule has 12 heavy (non-hydrogen) atoms. The normalized spacial score (nSPS) is 10.3. The molecule has 3 N–H and O–H groups in total. The highest BCUT2D eigenvalue weighted by atomic mass is 32.1. The summed E-state index contributed by atoms with van der Waals surface area (Å²) in [5, 5.41) is 3.73. The van der Waals surface area contributed by atoms with Gasteiger partial charge in [-0.2, -0.15) is 0 Å². The molecule has 0 aliphatic carbocycles. The van der Waals surface area contributed by atoms with E-state index in [1.165, 1.54) is 0 Å². The molecule has 0 spiro atoms. The zero-order valence-electron chi connectivity index (χ0n) is 7.20. The highest BCUT2D eigenvalue weighted by Crippen LogP contribution is 2.16. The first-order valence-corrected chi connectivity index (χ1v) is 4.26. The molecule has 0 bridgehead atoms. The van der Waals surface area contributed by atoms with Crippen molar-refractivity contribution in [2.45, 2.75) is 24.9 Å². The van der Waals surface area contributed by atoms with E-state index in [0.29, 0.717) is 16.8 Å². The van der Waals surface area contributed by atoms with Gasteiger partial charge >= 0.3 is 0 Å². The number of nitrogens with one attached hydrogen (secondary N) is 1. The minimum absolute atomic E-state index is 0.369. The summed E-state index contributed by atoms with van der Waals surface area (Å²) in [7, 11) is 0. The lowest BCUT2D eigenvalue weighted by Gasteiger charge is -2.09. The summed E-state index contributed by atoms with van der Waals surface area (Å²) in [5.74, 6) is 0.809. The van der Waals surface area contributed by atoms with Crippen molar-refractivity contribution >= 4 is 24.1 Å². The molecule has 1 heterocycles. The highest BCUT2D eigenvalue weighted by Gasteiger charge is 1.99. The zero-order valence-corrected chi connectivity index (χ0v) is 8.10. The molecular formula is C8H13N3S. The lowest BCUT2D eigenvalue weighted by Crippen LogP contribution is -2.11. The minimum Gasteiger partial charge on any atom is -0.397 e. The van der Waals surface area contributed by atoms with Crippen LogP contribution in [0.15, 0.2) is 17.2 Å². The fraction of sp³-hybridized carbons (Fsp3) is 0.375. The number of pyridine rings is 1. The van der Waals surface area contributed by atoms with Crippen LogP contribution in [0.25, 0.3) is 0 Å². The fourth-order valence-corrected chi connectivity index (χ4v) is 1.02. The molecule has 0 radical (unpaired) electrons. The summed E-state index contributed by atoms with van der Waals surface area (Å²) < 4.78 is 0. The van der Waals surface area contributed by atoms with E-state index in [1.807, 2.05) is 6.07 Å². The zero-order chi connectivity index (χ0) is 9.14. The van der Waals surface area contributed by atoms with Crippen LogP contribution in [0.5, 0.6) is 0 Å². The van der Waals surface area contributed by atoms with Gasteiger partial charge in [-0.05, 0) is 26.0 Å². The fourth-order valence-electron chi connectivity index (χ4n) is 0.835. The molecular weight excluding hydrogens is 170 g/mol. The maximum absolute atomic E-state index is 5.55. The van der Waals surface area contributed by atoms with E-state index < -0.39 is 0 Å². The molecule has 0 fully saturated rings. The minimum atomic E-state index is 0.369. The van der Waals surface area contributed by atoms with Gasteiger partial charge in [-0.15, -0.1) is 12.6 Å². The third-order valence-corrected chi connectivity index (χ3v) is 1.70. The van der Waals surface area contributed by atoms with E-state index in [9.17, 15) is 0 Å². The number of rotatable bonds is 2. The molecule has 1 aromatic rings. The van der Waals surface area contributed by atoms with Crippen LogP contribution >= 0.6 is 12.6 Å². The van der Waals surface area contributed by atoms with Gasteiger partial charge in [-0.25, -0.2) is 4.98 Å². The maximum Gasteiger partial charge on any atom is 0.127 e. The van der Waals surface area contributed by atoms with Crippen LogP contribution in [-0.2, 0) is 0 Å².